The lowest BCUT2D eigenvalue weighted by atomic mass is 10.3. The third-order valence-corrected chi connectivity index (χ3v) is 3.04. The Kier molecular flexibility index (Phi) is 5.36. The Hall–Kier alpha value is -1.34. The van der Waals surface area contributed by atoms with Crippen molar-refractivity contribution in [3.8, 4) is 0 Å². The van der Waals surface area contributed by atoms with Crippen LogP contribution in [0.5, 0.6) is 0 Å². The molecule has 1 fully saturated rings. The van der Waals surface area contributed by atoms with E-state index in [1.54, 1.807) is 4.90 Å². The van der Waals surface area contributed by atoms with Gasteiger partial charge in [0.1, 0.15) is 0 Å². The van der Waals surface area contributed by atoms with Gasteiger partial charge in [0.15, 0.2) is 6.10 Å². The second kappa shape index (κ2) is 6.55. The predicted molar refractivity (Wildman–Crippen MR) is 65.3 cm³/mol. The summed E-state index contributed by atoms with van der Waals surface area (Å²) < 4.78 is 0. The smallest absolute Gasteiger partial charge is 0.334 e. The summed E-state index contributed by atoms with van der Waals surface area (Å²) >= 11 is 0. The van der Waals surface area contributed by atoms with Crippen molar-refractivity contribution in [3.63, 3.8) is 0 Å². The predicted octanol–water partition coefficient (Wildman–Crippen LogP) is -0.832. The molecule has 0 aromatic rings. The van der Waals surface area contributed by atoms with E-state index in [1.807, 2.05) is 14.0 Å². The molecule has 0 spiro atoms. The Morgan fingerprint density at radius 2 is 2.11 bits per heavy atom. The number of hydrogen-bond donors (Lipinski definition) is 3. The molecule has 0 saturated carbocycles. The number of carbonyl (C=O) groups excluding carboxylic acids is 1. The van der Waals surface area contributed by atoms with Crippen LogP contribution in [0.2, 0.25) is 0 Å². The number of carboxylic acid groups (broad SMARTS) is 1. The topological polar surface area (TPSA) is 93.1 Å². The van der Waals surface area contributed by atoms with Crippen LogP contribution in [0.15, 0.2) is 0 Å². The largest absolute Gasteiger partial charge is 0.479 e. The third kappa shape index (κ3) is 4.15. The van der Waals surface area contributed by atoms with E-state index < -0.39 is 12.1 Å². The highest BCUT2D eigenvalue weighted by Gasteiger charge is 2.24. The van der Waals surface area contributed by atoms with Gasteiger partial charge < -0.3 is 25.3 Å². The molecular formula is C11H21N3O4. The lowest BCUT2D eigenvalue weighted by molar-refractivity contribution is -0.146. The van der Waals surface area contributed by atoms with Gasteiger partial charge in [0, 0.05) is 19.1 Å². The molecule has 3 N–H and O–H groups in total. The molecule has 7 nitrogen and oxygen atoms in total. The molecule has 0 aliphatic carbocycles. The third-order valence-electron chi connectivity index (χ3n) is 3.04. The molecule has 7 heteroatoms. The molecular weight excluding hydrogens is 238 g/mol. The molecule has 1 heterocycles. The van der Waals surface area contributed by atoms with Gasteiger partial charge in [-0.05, 0) is 26.9 Å². The first-order chi connectivity index (χ1) is 8.41. The number of carboxylic acids is 1. The number of aliphatic hydroxyl groups excluding tert-OH is 1. The van der Waals surface area contributed by atoms with Crippen LogP contribution in [0.4, 0.5) is 4.79 Å². The quantitative estimate of drug-likeness (QED) is 0.615. The van der Waals surface area contributed by atoms with E-state index >= 15 is 0 Å². The number of nitrogens with one attached hydrogen (secondary N) is 1. The Morgan fingerprint density at radius 1 is 1.44 bits per heavy atom. The summed E-state index contributed by atoms with van der Waals surface area (Å²) in [4.78, 5) is 26.2. The van der Waals surface area contributed by atoms with E-state index in [4.69, 9.17) is 10.2 Å². The number of hydrogen-bond acceptors (Lipinski definition) is 4. The van der Waals surface area contributed by atoms with Crippen LogP contribution in [0.25, 0.3) is 0 Å². The molecule has 1 aliphatic heterocycles. The number of aliphatic carboxylic acids is 1. The Balaban J connectivity index is 2.47. The Bertz CT molecular complexity index is 311. The summed E-state index contributed by atoms with van der Waals surface area (Å²) in [6.07, 6.45) is -0.672. The van der Waals surface area contributed by atoms with Crippen LogP contribution in [0, 0.1) is 0 Å². The minimum atomic E-state index is -1.56. The summed E-state index contributed by atoms with van der Waals surface area (Å²) in [5.41, 5.74) is 0. The number of amides is 2. The molecule has 1 rings (SSSR count). The fourth-order valence-electron chi connectivity index (χ4n) is 2.05. The monoisotopic (exact) mass is 259 g/mol. The number of nitrogens with zero attached hydrogens (tertiary/aromatic N) is 2. The van der Waals surface area contributed by atoms with E-state index in [-0.39, 0.29) is 18.6 Å². The molecule has 0 aromatic carbocycles. The second-order valence-corrected chi connectivity index (χ2v) is 4.70. The zero-order chi connectivity index (χ0) is 13.7. The van der Waals surface area contributed by atoms with Crippen molar-refractivity contribution in [2.24, 2.45) is 0 Å². The van der Waals surface area contributed by atoms with E-state index in [0.29, 0.717) is 6.54 Å². The molecule has 1 aliphatic rings. The average Bonchev–Trinajstić information content (AvgIpc) is 2.46. The average molecular weight is 259 g/mol. The zero-order valence-corrected chi connectivity index (χ0v) is 10.8. The SMILES string of the molecule is CC1CN(C)CCCN1C(=O)NC[C@H](O)C(=O)O. The van der Waals surface area contributed by atoms with Crippen LogP contribution in [-0.2, 0) is 4.79 Å². The van der Waals surface area contributed by atoms with Gasteiger partial charge in [-0.3, -0.25) is 0 Å². The maximum atomic E-state index is 11.9. The molecule has 0 aromatic heterocycles. The van der Waals surface area contributed by atoms with Crippen molar-refractivity contribution < 1.29 is 19.8 Å². The van der Waals surface area contributed by atoms with Crippen LogP contribution in [0.1, 0.15) is 13.3 Å². The molecule has 0 bridgehead atoms. The van der Waals surface area contributed by atoms with Gasteiger partial charge in [-0.15, -0.1) is 0 Å². The fraction of sp³-hybridized carbons (Fsp3) is 0.818. The van der Waals surface area contributed by atoms with Gasteiger partial charge >= 0.3 is 12.0 Å². The van der Waals surface area contributed by atoms with E-state index in [9.17, 15) is 9.59 Å². The molecule has 0 radical (unpaired) electrons. The molecule has 1 unspecified atom stereocenters. The van der Waals surface area contributed by atoms with Crippen LogP contribution in [0.3, 0.4) is 0 Å². The molecule has 18 heavy (non-hydrogen) atoms. The van der Waals surface area contributed by atoms with Gasteiger partial charge in [0.2, 0.25) is 0 Å². The number of aliphatic hydroxyl groups is 1. The minimum Gasteiger partial charge on any atom is -0.479 e. The molecule has 2 amide bonds. The van der Waals surface area contributed by atoms with Gasteiger partial charge in [-0.25, -0.2) is 9.59 Å². The molecule has 1 saturated heterocycles. The van der Waals surface area contributed by atoms with Crippen molar-refractivity contribution in [2.75, 3.05) is 33.2 Å². The highest BCUT2D eigenvalue weighted by molar-refractivity contribution is 5.77. The van der Waals surface area contributed by atoms with Crippen molar-refractivity contribution in [2.45, 2.75) is 25.5 Å². The van der Waals surface area contributed by atoms with Crippen LogP contribution >= 0.6 is 0 Å². The van der Waals surface area contributed by atoms with E-state index in [2.05, 4.69) is 10.2 Å². The molecule has 2 atom stereocenters. The summed E-state index contributed by atoms with van der Waals surface area (Å²) in [6, 6.07) is -0.252. The standard InChI is InChI=1S/C11H21N3O4/c1-8-7-13(2)4-3-5-14(8)11(18)12-6-9(15)10(16)17/h8-9,15H,3-7H2,1-2H3,(H,12,18)(H,16,17)/t8?,9-/m0/s1. The second-order valence-electron chi connectivity index (χ2n) is 4.70. The summed E-state index contributed by atoms with van der Waals surface area (Å²) in [5, 5.41) is 20.1. The number of urea groups is 1. The van der Waals surface area contributed by atoms with Gasteiger partial charge in [0.05, 0.1) is 6.54 Å². The summed E-state index contributed by atoms with van der Waals surface area (Å²) in [7, 11) is 2.01. The normalized spacial score (nSPS) is 23.3. The van der Waals surface area contributed by atoms with Crippen molar-refractivity contribution >= 4 is 12.0 Å². The zero-order valence-electron chi connectivity index (χ0n) is 10.8. The number of rotatable bonds is 3. The number of carbonyl (C=O) groups is 2. The lowest BCUT2D eigenvalue weighted by Gasteiger charge is -2.28. The van der Waals surface area contributed by atoms with Crippen molar-refractivity contribution in [1.82, 2.24) is 15.1 Å². The maximum absolute atomic E-state index is 11.9. The first-order valence-electron chi connectivity index (χ1n) is 6.05. The first-order valence-corrected chi connectivity index (χ1v) is 6.05. The Labute approximate surface area is 106 Å². The van der Waals surface area contributed by atoms with Gasteiger partial charge in [0.25, 0.3) is 0 Å². The van der Waals surface area contributed by atoms with E-state index in [0.717, 1.165) is 19.5 Å². The van der Waals surface area contributed by atoms with E-state index in [1.165, 1.54) is 0 Å². The van der Waals surface area contributed by atoms with Crippen molar-refractivity contribution in [3.05, 3.63) is 0 Å². The van der Waals surface area contributed by atoms with Crippen molar-refractivity contribution in [1.29, 1.82) is 0 Å². The Morgan fingerprint density at radius 3 is 2.72 bits per heavy atom. The fourth-order valence-corrected chi connectivity index (χ4v) is 2.05. The first kappa shape index (κ1) is 14.7. The lowest BCUT2D eigenvalue weighted by Crippen LogP contribution is -2.49. The highest BCUT2D eigenvalue weighted by Crippen LogP contribution is 2.08. The summed E-state index contributed by atoms with van der Waals surface area (Å²) in [5.74, 6) is -1.33. The van der Waals surface area contributed by atoms with Crippen LogP contribution < -0.4 is 5.32 Å². The minimum absolute atomic E-state index is 0.0690. The van der Waals surface area contributed by atoms with Gasteiger partial charge in [-0.1, -0.05) is 0 Å². The summed E-state index contributed by atoms with van der Waals surface area (Å²) in [6.45, 7) is 4.05. The number of likely N-dealkylation sites (N-methyl/N-ethyl adjacent to an activating group) is 1. The molecule has 104 valence electrons. The van der Waals surface area contributed by atoms with Crippen LogP contribution in [-0.4, -0.2) is 77.4 Å². The maximum Gasteiger partial charge on any atom is 0.334 e. The van der Waals surface area contributed by atoms with Gasteiger partial charge in [-0.2, -0.15) is 0 Å². The highest BCUT2D eigenvalue weighted by atomic mass is 16.4.